The van der Waals surface area contributed by atoms with Gasteiger partial charge in [-0.15, -0.1) is 0 Å². The molecule has 2 aromatic carbocycles. The molecule has 0 radical (unpaired) electrons. The van der Waals surface area contributed by atoms with Gasteiger partial charge in [-0.1, -0.05) is 47.6 Å². The average Bonchev–Trinajstić information content (AvgIpc) is 3.44. The van der Waals surface area contributed by atoms with E-state index in [-0.39, 0.29) is 5.82 Å². The number of esters is 1. The molecule has 0 aliphatic heterocycles. The van der Waals surface area contributed by atoms with Gasteiger partial charge >= 0.3 is 5.97 Å². The highest BCUT2D eigenvalue weighted by Crippen LogP contribution is 2.22. The number of hydrogen-bond donors (Lipinski definition) is 1. The highest BCUT2D eigenvalue weighted by atomic mass is 16.5. The Kier molecular flexibility index (Phi) is 5.84. The van der Waals surface area contributed by atoms with Crippen LogP contribution in [0.5, 0.6) is 0 Å². The molecule has 2 heterocycles. The zero-order chi connectivity index (χ0) is 21.6. The Morgan fingerprint density at radius 3 is 2.55 bits per heavy atom. The summed E-state index contributed by atoms with van der Waals surface area (Å²) in [4.78, 5) is 29.5. The fourth-order valence-corrected chi connectivity index (χ4v) is 2.94. The van der Waals surface area contributed by atoms with Crippen molar-refractivity contribution in [3.8, 4) is 0 Å². The number of hydrogen-bond acceptors (Lipinski definition) is 7. The Labute approximate surface area is 177 Å². The van der Waals surface area contributed by atoms with Gasteiger partial charge in [0.25, 0.3) is 5.91 Å². The summed E-state index contributed by atoms with van der Waals surface area (Å²) in [6.45, 7) is 2.24. The van der Waals surface area contributed by atoms with E-state index < -0.39 is 18.0 Å². The quantitative estimate of drug-likeness (QED) is 0.460. The van der Waals surface area contributed by atoms with E-state index in [1.807, 2.05) is 6.07 Å². The SMILES string of the molecule is Cc1cc(NC(=O)C(OC(=O)c2ccc(Cn3cncn3)cc2)c2ccccc2)no1. The molecule has 0 fully saturated rings. The lowest BCUT2D eigenvalue weighted by Gasteiger charge is -2.17. The van der Waals surface area contributed by atoms with E-state index in [0.717, 1.165) is 5.56 Å². The number of aryl methyl sites for hydroxylation is 1. The summed E-state index contributed by atoms with van der Waals surface area (Å²) in [7, 11) is 0. The molecule has 1 N–H and O–H groups in total. The Bertz CT molecular complexity index is 1150. The van der Waals surface area contributed by atoms with Crippen LogP contribution in [0.25, 0.3) is 0 Å². The third-order valence-electron chi connectivity index (χ3n) is 4.45. The van der Waals surface area contributed by atoms with E-state index in [2.05, 4.69) is 20.6 Å². The maximum Gasteiger partial charge on any atom is 0.339 e. The largest absolute Gasteiger partial charge is 0.444 e. The predicted molar refractivity (Wildman–Crippen MR) is 110 cm³/mol. The Hall–Kier alpha value is -4.27. The van der Waals surface area contributed by atoms with Gasteiger partial charge in [0.05, 0.1) is 12.1 Å². The van der Waals surface area contributed by atoms with Gasteiger partial charge in [-0.3, -0.25) is 4.79 Å². The second-order valence-electron chi connectivity index (χ2n) is 6.80. The number of rotatable bonds is 7. The second-order valence-corrected chi connectivity index (χ2v) is 6.80. The summed E-state index contributed by atoms with van der Waals surface area (Å²) in [6, 6.07) is 17.3. The van der Waals surface area contributed by atoms with Crippen molar-refractivity contribution >= 4 is 17.7 Å². The number of ether oxygens (including phenoxy) is 1. The second kappa shape index (κ2) is 9.04. The van der Waals surface area contributed by atoms with Crippen molar-refractivity contribution in [2.75, 3.05) is 5.32 Å². The lowest BCUT2D eigenvalue weighted by molar-refractivity contribution is -0.125. The topological polar surface area (TPSA) is 112 Å². The summed E-state index contributed by atoms with van der Waals surface area (Å²) in [5, 5.41) is 10.4. The van der Waals surface area contributed by atoms with Crippen molar-refractivity contribution in [2.45, 2.75) is 19.6 Å². The predicted octanol–water partition coefficient (Wildman–Crippen LogP) is 3.16. The zero-order valence-corrected chi connectivity index (χ0v) is 16.6. The molecule has 9 heteroatoms. The molecule has 0 bridgehead atoms. The molecule has 2 aromatic heterocycles. The zero-order valence-electron chi connectivity index (χ0n) is 16.6. The normalized spacial score (nSPS) is 11.6. The molecule has 0 saturated heterocycles. The van der Waals surface area contributed by atoms with Gasteiger partial charge in [-0.25, -0.2) is 14.5 Å². The van der Waals surface area contributed by atoms with E-state index in [1.54, 1.807) is 72.5 Å². The Morgan fingerprint density at radius 2 is 1.90 bits per heavy atom. The van der Waals surface area contributed by atoms with Crippen molar-refractivity contribution in [3.05, 3.63) is 95.8 Å². The average molecular weight is 417 g/mol. The molecule has 4 rings (SSSR count). The highest BCUT2D eigenvalue weighted by molar-refractivity contribution is 5.97. The van der Waals surface area contributed by atoms with E-state index in [0.29, 0.717) is 23.4 Å². The summed E-state index contributed by atoms with van der Waals surface area (Å²) in [6.07, 6.45) is 1.92. The smallest absolute Gasteiger partial charge is 0.339 e. The maximum absolute atomic E-state index is 12.8. The molecule has 1 atom stereocenters. The van der Waals surface area contributed by atoms with E-state index in [1.165, 1.54) is 6.33 Å². The lowest BCUT2D eigenvalue weighted by atomic mass is 10.1. The number of carbonyl (C=O) groups is 2. The van der Waals surface area contributed by atoms with Crippen LogP contribution in [0.3, 0.4) is 0 Å². The molecule has 4 aromatic rings. The molecule has 0 aliphatic carbocycles. The van der Waals surface area contributed by atoms with Crippen LogP contribution in [0.1, 0.15) is 33.3 Å². The Balaban J connectivity index is 1.49. The van der Waals surface area contributed by atoms with Gasteiger partial charge in [0.2, 0.25) is 6.10 Å². The number of nitrogens with zero attached hydrogens (tertiary/aromatic N) is 4. The first-order valence-electron chi connectivity index (χ1n) is 9.50. The molecular weight excluding hydrogens is 398 g/mol. The van der Waals surface area contributed by atoms with Crippen LogP contribution in [0, 0.1) is 6.92 Å². The highest BCUT2D eigenvalue weighted by Gasteiger charge is 2.26. The van der Waals surface area contributed by atoms with Crippen LogP contribution in [0.15, 0.2) is 77.8 Å². The van der Waals surface area contributed by atoms with Crippen LogP contribution in [-0.2, 0) is 16.1 Å². The van der Waals surface area contributed by atoms with Crippen LogP contribution in [-0.4, -0.2) is 31.8 Å². The maximum atomic E-state index is 12.8. The summed E-state index contributed by atoms with van der Waals surface area (Å²) in [5.74, 6) is -0.352. The van der Waals surface area contributed by atoms with Gasteiger partial charge < -0.3 is 14.6 Å². The molecule has 0 aliphatic rings. The molecule has 31 heavy (non-hydrogen) atoms. The molecule has 0 saturated carbocycles. The molecular formula is C22H19N5O4. The molecule has 0 spiro atoms. The number of anilines is 1. The third kappa shape index (κ3) is 5.02. The fourth-order valence-electron chi connectivity index (χ4n) is 2.94. The number of amides is 1. The van der Waals surface area contributed by atoms with Crippen molar-refractivity contribution in [1.82, 2.24) is 19.9 Å². The first kappa shape index (κ1) is 20.0. The third-order valence-corrected chi connectivity index (χ3v) is 4.45. The van der Waals surface area contributed by atoms with Crippen molar-refractivity contribution in [2.24, 2.45) is 0 Å². The number of aromatic nitrogens is 4. The first-order valence-corrected chi connectivity index (χ1v) is 9.50. The fraction of sp³-hybridized carbons (Fsp3) is 0.136. The molecule has 1 unspecified atom stereocenters. The number of carbonyl (C=O) groups excluding carboxylic acids is 2. The minimum Gasteiger partial charge on any atom is -0.444 e. The van der Waals surface area contributed by atoms with Crippen LogP contribution in [0.4, 0.5) is 5.82 Å². The molecule has 9 nitrogen and oxygen atoms in total. The van der Waals surface area contributed by atoms with Gasteiger partial charge in [0, 0.05) is 11.6 Å². The standard InChI is InChI=1S/C22H19N5O4/c1-15-11-19(26-31-15)25-21(28)20(17-5-3-2-4-6-17)30-22(29)18-9-7-16(8-10-18)12-27-14-23-13-24-27/h2-11,13-14,20H,12H2,1H3,(H,25,26,28). The minimum absolute atomic E-state index is 0.247. The number of benzene rings is 2. The summed E-state index contributed by atoms with van der Waals surface area (Å²) < 4.78 is 12.2. The molecule has 1 amide bonds. The van der Waals surface area contributed by atoms with Crippen LogP contribution >= 0.6 is 0 Å². The Morgan fingerprint density at radius 1 is 1.13 bits per heavy atom. The van der Waals surface area contributed by atoms with Crippen molar-refractivity contribution in [3.63, 3.8) is 0 Å². The van der Waals surface area contributed by atoms with Crippen molar-refractivity contribution in [1.29, 1.82) is 0 Å². The van der Waals surface area contributed by atoms with Crippen LogP contribution in [0.2, 0.25) is 0 Å². The lowest BCUT2D eigenvalue weighted by Crippen LogP contribution is -2.26. The van der Waals surface area contributed by atoms with Crippen LogP contribution < -0.4 is 5.32 Å². The van der Waals surface area contributed by atoms with Crippen molar-refractivity contribution < 1.29 is 18.8 Å². The van der Waals surface area contributed by atoms with E-state index in [4.69, 9.17) is 9.26 Å². The summed E-state index contributed by atoms with van der Waals surface area (Å²) in [5.41, 5.74) is 1.81. The van der Waals surface area contributed by atoms with E-state index >= 15 is 0 Å². The van der Waals surface area contributed by atoms with Gasteiger partial charge in [0.15, 0.2) is 5.82 Å². The molecule has 156 valence electrons. The number of nitrogens with one attached hydrogen (secondary N) is 1. The van der Waals surface area contributed by atoms with E-state index in [9.17, 15) is 9.59 Å². The minimum atomic E-state index is -1.15. The monoisotopic (exact) mass is 417 g/mol. The summed E-state index contributed by atoms with van der Waals surface area (Å²) >= 11 is 0. The van der Waals surface area contributed by atoms with Gasteiger partial charge in [-0.2, -0.15) is 5.10 Å². The van der Waals surface area contributed by atoms with Gasteiger partial charge in [-0.05, 0) is 24.6 Å². The van der Waals surface area contributed by atoms with Gasteiger partial charge in [0.1, 0.15) is 18.4 Å². The first-order chi connectivity index (χ1) is 15.1.